The van der Waals surface area contributed by atoms with Gasteiger partial charge in [0, 0.05) is 19.3 Å². The van der Waals surface area contributed by atoms with Crippen molar-refractivity contribution in [1.29, 1.82) is 0 Å². The van der Waals surface area contributed by atoms with Gasteiger partial charge in [-0.05, 0) is 49.4 Å². The third kappa shape index (κ3) is 23.0. The average molecular weight is 545 g/mol. The molecule has 0 saturated heterocycles. The van der Waals surface area contributed by atoms with E-state index in [9.17, 15) is 24.3 Å². The van der Waals surface area contributed by atoms with Crippen LogP contribution in [0, 0.1) is 23.2 Å². The lowest BCUT2D eigenvalue weighted by molar-refractivity contribution is -0.148. The van der Waals surface area contributed by atoms with E-state index in [-0.39, 0.29) is 37.1 Å². The lowest BCUT2D eigenvalue weighted by atomic mass is 9.69. The van der Waals surface area contributed by atoms with Gasteiger partial charge >= 0.3 is 23.9 Å². The van der Waals surface area contributed by atoms with Crippen molar-refractivity contribution < 1.29 is 39.2 Å². The standard InChI is InChI=1S/2C15H28O4/c1-5-15(4,10-6-7-11(2)3)12(14(18)19)8-9-13(16)17;1-13(2)9-6-4-3-5-7-12-19-15(18)11-8-10-14(16)17/h11-12H,5-10H2,1-4H3,(H,16,17)(H,18,19);13H,3-12H2,1-2H3,(H,16,17). The third-order valence-electron chi connectivity index (χ3n) is 7.08. The van der Waals surface area contributed by atoms with E-state index in [4.69, 9.17) is 14.9 Å². The molecule has 0 amide bonds. The van der Waals surface area contributed by atoms with E-state index in [2.05, 4.69) is 27.7 Å². The fourth-order valence-corrected chi connectivity index (χ4v) is 4.38. The first-order chi connectivity index (χ1) is 17.7. The van der Waals surface area contributed by atoms with E-state index in [0.717, 1.165) is 44.4 Å². The van der Waals surface area contributed by atoms with Gasteiger partial charge in [-0.3, -0.25) is 19.2 Å². The molecule has 0 heterocycles. The van der Waals surface area contributed by atoms with Crippen LogP contribution in [0.5, 0.6) is 0 Å². The highest BCUT2D eigenvalue weighted by Gasteiger charge is 2.37. The van der Waals surface area contributed by atoms with Crippen molar-refractivity contribution in [2.45, 2.75) is 138 Å². The Hall–Kier alpha value is -2.12. The molecule has 0 aromatic carbocycles. The summed E-state index contributed by atoms with van der Waals surface area (Å²) >= 11 is 0. The van der Waals surface area contributed by atoms with Gasteiger partial charge in [-0.25, -0.2) is 0 Å². The minimum atomic E-state index is -0.924. The van der Waals surface area contributed by atoms with E-state index in [1.54, 1.807) is 0 Å². The molecule has 0 aliphatic carbocycles. The fraction of sp³-hybridized carbons (Fsp3) is 0.867. The van der Waals surface area contributed by atoms with E-state index in [0.29, 0.717) is 18.9 Å². The molecule has 38 heavy (non-hydrogen) atoms. The SMILES string of the molecule is CC(C)CCCCCCCOC(=O)CCCC(=O)O.CCC(C)(CCCC(C)C)C(CCC(=O)O)C(=O)O. The summed E-state index contributed by atoms with van der Waals surface area (Å²) in [5.41, 5.74) is -0.309. The summed E-state index contributed by atoms with van der Waals surface area (Å²) in [5, 5.41) is 26.5. The van der Waals surface area contributed by atoms with E-state index >= 15 is 0 Å². The Labute approximate surface area is 230 Å². The van der Waals surface area contributed by atoms with Crippen LogP contribution in [-0.2, 0) is 23.9 Å². The molecule has 0 aromatic rings. The molecule has 0 aliphatic rings. The second kappa shape index (κ2) is 22.8. The number of hydrogen-bond donors (Lipinski definition) is 3. The molecule has 0 bridgehead atoms. The van der Waals surface area contributed by atoms with Crippen LogP contribution in [-0.4, -0.2) is 45.8 Å². The van der Waals surface area contributed by atoms with Gasteiger partial charge in [0.25, 0.3) is 0 Å². The molecule has 0 fully saturated rings. The second-order valence-corrected chi connectivity index (χ2v) is 11.5. The number of hydrogen-bond acceptors (Lipinski definition) is 5. The van der Waals surface area contributed by atoms with Crippen molar-refractivity contribution >= 4 is 23.9 Å². The Morgan fingerprint density at radius 2 is 1.21 bits per heavy atom. The van der Waals surface area contributed by atoms with Crippen molar-refractivity contribution in [3.8, 4) is 0 Å². The van der Waals surface area contributed by atoms with E-state index in [1.807, 2.05) is 13.8 Å². The summed E-state index contributed by atoms with van der Waals surface area (Å²) in [6.45, 7) is 13.2. The zero-order valence-electron chi connectivity index (χ0n) is 24.9. The summed E-state index contributed by atoms with van der Waals surface area (Å²) in [6.07, 6.45) is 11.5. The highest BCUT2D eigenvalue weighted by molar-refractivity contribution is 5.73. The van der Waals surface area contributed by atoms with Gasteiger partial charge in [0.1, 0.15) is 0 Å². The third-order valence-corrected chi connectivity index (χ3v) is 7.08. The van der Waals surface area contributed by atoms with Crippen molar-refractivity contribution in [3.63, 3.8) is 0 Å². The maximum absolute atomic E-state index is 11.4. The Bertz CT molecular complexity index is 659. The van der Waals surface area contributed by atoms with Crippen molar-refractivity contribution in [2.75, 3.05) is 6.61 Å². The minimum absolute atomic E-state index is 0.0327. The van der Waals surface area contributed by atoms with Crippen LogP contribution in [0.4, 0.5) is 0 Å². The maximum Gasteiger partial charge on any atom is 0.307 e. The number of esters is 1. The molecule has 8 nitrogen and oxygen atoms in total. The summed E-state index contributed by atoms with van der Waals surface area (Å²) < 4.78 is 5.04. The van der Waals surface area contributed by atoms with Crippen LogP contribution in [0.1, 0.15) is 138 Å². The predicted molar refractivity (Wildman–Crippen MR) is 150 cm³/mol. The Morgan fingerprint density at radius 3 is 1.71 bits per heavy atom. The first kappa shape index (κ1) is 38.0. The van der Waals surface area contributed by atoms with Gasteiger partial charge < -0.3 is 20.1 Å². The van der Waals surface area contributed by atoms with Crippen LogP contribution in [0.25, 0.3) is 0 Å². The van der Waals surface area contributed by atoms with Crippen LogP contribution in [0.15, 0.2) is 0 Å². The first-order valence-electron chi connectivity index (χ1n) is 14.6. The molecule has 2 atom stereocenters. The van der Waals surface area contributed by atoms with Crippen LogP contribution >= 0.6 is 0 Å². The van der Waals surface area contributed by atoms with Crippen molar-refractivity contribution in [1.82, 2.24) is 0 Å². The Morgan fingerprint density at radius 1 is 0.684 bits per heavy atom. The predicted octanol–water partition coefficient (Wildman–Crippen LogP) is 7.58. The molecule has 0 radical (unpaired) electrons. The molecule has 0 rings (SSSR count). The number of unbranched alkanes of at least 4 members (excludes halogenated alkanes) is 4. The van der Waals surface area contributed by atoms with Crippen LogP contribution < -0.4 is 0 Å². The molecule has 0 saturated carbocycles. The maximum atomic E-state index is 11.4. The number of carboxylic acids is 3. The summed E-state index contributed by atoms with van der Waals surface area (Å²) in [4.78, 5) is 43.5. The Kier molecular flexibility index (Phi) is 22.8. The van der Waals surface area contributed by atoms with Gasteiger partial charge in [-0.2, -0.15) is 0 Å². The number of aliphatic carboxylic acids is 3. The van der Waals surface area contributed by atoms with Gasteiger partial charge in [-0.1, -0.05) is 86.5 Å². The molecule has 3 N–H and O–H groups in total. The quantitative estimate of drug-likeness (QED) is 0.0936. The molecule has 0 aromatic heterocycles. The first-order valence-corrected chi connectivity index (χ1v) is 14.6. The van der Waals surface area contributed by atoms with Gasteiger partial charge in [0.15, 0.2) is 0 Å². The highest BCUT2D eigenvalue weighted by Crippen LogP contribution is 2.39. The summed E-state index contributed by atoms with van der Waals surface area (Å²) in [5.74, 6) is -2.10. The number of carbonyl (C=O) groups is 4. The Balaban J connectivity index is 0. The van der Waals surface area contributed by atoms with Crippen LogP contribution in [0.3, 0.4) is 0 Å². The molecule has 2 unspecified atom stereocenters. The molecular formula is C30H56O8. The molecule has 0 aliphatic heterocycles. The zero-order valence-corrected chi connectivity index (χ0v) is 24.9. The number of carboxylic acid groups (broad SMARTS) is 3. The fourth-order valence-electron chi connectivity index (χ4n) is 4.38. The topological polar surface area (TPSA) is 138 Å². The molecule has 224 valence electrons. The summed E-state index contributed by atoms with van der Waals surface area (Å²) in [6, 6.07) is 0. The smallest absolute Gasteiger partial charge is 0.307 e. The minimum Gasteiger partial charge on any atom is -0.481 e. The number of carbonyl (C=O) groups excluding carboxylic acids is 1. The second-order valence-electron chi connectivity index (χ2n) is 11.5. The lowest BCUT2D eigenvalue weighted by Crippen LogP contribution is -2.33. The largest absolute Gasteiger partial charge is 0.481 e. The summed E-state index contributed by atoms with van der Waals surface area (Å²) in [7, 11) is 0. The van der Waals surface area contributed by atoms with Crippen molar-refractivity contribution in [3.05, 3.63) is 0 Å². The molecule has 0 spiro atoms. The van der Waals surface area contributed by atoms with E-state index in [1.165, 1.54) is 25.7 Å². The lowest BCUT2D eigenvalue weighted by Gasteiger charge is -2.34. The van der Waals surface area contributed by atoms with Gasteiger partial charge in [0.05, 0.1) is 12.5 Å². The van der Waals surface area contributed by atoms with Crippen molar-refractivity contribution in [2.24, 2.45) is 23.2 Å². The monoisotopic (exact) mass is 544 g/mol. The number of rotatable bonds is 22. The highest BCUT2D eigenvalue weighted by atomic mass is 16.5. The van der Waals surface area contributed by atoms with Gasteiger partial charge in [0.2, 0.25) is 0 Å². The average Bonchev–Trinajstić information content (AvgIpc) is 2.80. The zero-order chi connectivity index (χ0) is 29.6. The number of ether oxygens (including phenoxy) is 1. The van der Waals surface area contributed by atoms with Crippen LogP contribution in [0.2, 0.25) is 0 Å². The molecular weight excluding hydrogens is 488 g/mol. The van der Waals surface area contributed by atoms with Gasteiger partial charge in [-0.15, -0.1) is 0 Å². The molecule has 8 heteroatoms. The normalized spacial score (nSPS) is 13.4. The van der Waals surface area contributed by atoms with E-state index < -0.39 is 23.8 Å².